The first-order valence-electron chi connectivity index (χ1n) is 8.04. The summed E-state index contributed by atoms with van der Waals surface area (Å²) in [5.74, 6) is 0.442. The SMILES string of the molecule is CC(N=C1NS(=O)(=O)c2ccccc21)C(=O)N1CC(CN)CC1C.Cl. The molecule has 0 bridgehead atoms. The molecule has 1 aromatic rings. The molecule has 0 aliphatic carbocycles. The van der Waals surface area contributed by atoms with Crippen molar-refractivity contribution in [3.05, 3.63) is 29.8 Å². The average Bonchev–Trinajstić information content (AvgIpc) is 3.05. The number of amides is 1. The van der Waals surface area contributed by atoms with E-state index in [0.29, 0.717) is 24.6 Å². The lowest BCUT2D eigenvalue weighted by atomic mass is 10.1. The summed E-state index contributed by atoms with van der Waals surface area (Å²) in [5, 5.41) is 0. The maximum atomic E-state index is 12.7. The molecule has 3 atom stereocenters. The van der Waals surface area contributed by atoms with E-state index in [1.807, 2.05) is 6.92 Å². The molecule has 1 aromatic carbocycles. The molecule has 138 valence electrons. The standard InChI is InChI=1S/C16H22N4O3S.ClH/c1-10-7-12(8-17)9-20(10)16(21)11(2)18-15-13-5-3-4-6-14(13)24(22,23)19-15;/h3-6,10-12H,7-9,17H2,1-2H3,(H,18,19);1H. The smallest absolute Gasteiger partial charge is 0.263 e. The van der Waals surface area contributed by atoms with Gasteiger partial charge in [0.2, 0.25) is 5.91 Å². The van der Waals surface area contributed by atoms with Crippen molar-refractivity contribution in [2.24, 2.45) is 16.6 Å². The van der Waals surface area contributed by atoms with Gasteiger partial charge in [-0.05, 0) is 44.9 Å². The lowest BCUT2D eigenvalue weighted by Gasteiger charge is -2.23. The number of aliphatic imine (C=N–C) groups is 1. The second-order valence-corrected chi connectivity index (χ2v) is 8.08. The van der Waals surface area contributed by atoms with Crippen LogP contribution in [0.15, 0.2) is 34.2 Å². The summed E-state index contributed by atoms with van der Waals surface area (Å²) >= 11 is 0. The fraction of sp³-hybridized carbons (Fsp3) is 0.500. The molecule has 1 saturated heterocycles. The average molecular weight is 387 g/mol. The van der Waals surface area contributed by atoms with E-state index in [1.54, 1.807) is 30.0 Å². The molecule has 3 N–H and O–H groups in total. The highest BCUT2D eigenvalue weighted by molar-refractivity contribution is 7.90. The van der Waals surface area contributed by atoms with Crippen molar-refractivity contribution >= 4 is 34.2 Å². The maximum absolute atomic E-state index is 12.7. The van der Waals surface area contributed by atoms with Gasteiger partial charge < -0.3 is 10.6 Å². The van der Waals surface area contributed by atoms with Crippen molar-refractivity contribution < 1.29 is 13.2 Å². The Morgan fingerprint density at radius 3 is 2.76 bits per heavy atom. The number of sulfonamides is 1. The van der Waals surface area contributed by atoms with Gasteiger partial charge >= 0.3 is 0 Å². The number of carbonyl (C=O) groups is 1. The Morgan fingerprint density at radius 2 is 2.12 bits per heavy atom. The lowest BCUT2D eigenvalue weighted by Crippen LogP contribution is -2.40. The summed E-state index contributed by atoms with van der Waals surface area (Å²) in [4.78, 5) is 19.0. The predicted octanol–water partition coefficient (Wildman–Crippen LogP) is 0.731. The molecule has 1 fully saturated rings. The fourth-order valence-electron chi connectivity index (χ4n) is 3.34. The quantitative estimate of drug-likeness (QED) is 0.798. The van der Waals surface area contributed by atoms with Gasteiger partial charge in [-0.2, -0.15) is 0 Å². The summed E-state index contributed by atoms with van der Waals surface area (Å²) in [6.07, 6.45) is 0.890. The van der Waals surface area contributed by atoms with Gasteiger partial charge in [-0.25, -0.2) is 8.42 Å². The molecule has 0 aromatic heterocycles. The van der Waals surface area contributed by atoms with Gasteiger partial charge in [-0.15, -0.1) is 12.4 Å². The van der Waals surface area contributed by atoms with Crippen LogP contribution >= 0.6 is 12.4 Å². The number of halogens is 1. The topological polar surface area (TPSA) is 105 Å². The molecule has 9 heteroatoms. The van der Waals surface area contributed by atoms with Crippen LogP contribution < -0.4 is 10.5 Å². The summed E-state index contributed by atoms with van der Waals surface area (Å²) in [7, 11) is -3.59. The lowest BCUT2D eigenvalue weighted by molar-refractivity contribution is -0.132. The van der Waals surface area contributed by atoms with Crippen LogP contribution in [0, 0.1) is 5.92 Å². The highest BCUT2D eigenvalue weighted by Gasteiger charge is 2.35. The Morgan fingerprint density at radius 1 is 1.44 bits per heavy atom. The number of nitrogens with two attached hydrogens (primary N) is 1. The zero-order chi connectivity index (χ0) is 17.5. The molecule has 2 heterocycles. The Labute approximate surface area is 154 Å². The number of carbonyl (C=O) groups excluding carboxylic acids is 1. The normalized spacial score (nSPS) is 26.7. The number of rotatable bonds is 3. The summed E-state index contributed by atoms with van der Waals surface area (Å²) in [6.45, 7) is 4.88. The molecule has 7 nitrogen and oxygen atoms in total. The largest absolute Gasteiger partial charge is 0.338 e. The minimum absolute atomic E-state index is 0. The molecule has 2 aliphatic rings. The van der Waals surface area contributed by atoms with Crippen molar-refractivity contribution in [1.29, 1.82) is 0 Å². The van der Waals surface area contributed by atoms with Crippen LogP contribution in [0.3, 0.4) is 0 Å². The van der Waals surface area contributed by atoms with Gasteiger partial charge in [0.25, 0.3) is 10.0 Å². The van der Waals surface area contributed by atoms with Gasteiger partial charge in [0.05, 0.1) is 4.90 Å². The highest BCUT2D eigenvalue weighted by Crippen LogP contribution is 2.25. The van der Waals surface area contributed by atoms with E-state index in [9.17, 15) is 13.2 Å². The van der Waals surface area contributed by atoms with Crippen molar-refractivity contribution in [3.63, 3.8) is 0 Å². The number of nitrogens with one attached hydrogen (secondary N) is 1. The third-order valence-corrected chi connectivity index (χ3v) is 6.02. The van der Waals surface area contributed by atoms with Crippen LogP contribution in [0.2, 0.25) is 0 Å². The van der Waals surface area contributed by atoms with E-state index in [-0.39, 0.29) is 35.1 Å². The zero-order valence-corrected chi connectivity index (χ0v) is 15.8. The molecule has 1 amide bonds. The number of benzene rings is 1. The molecule has 3 rings (SSSR count). The molecular weight excluding hydrogens is 364 g/mol. The number of amidine groups is 1. The summed E-state index contributed by atoms with van der Waals surface area (Å²) in [6, 6.07) is 6.09. The van der Waals surface area contributed by atoms with Crippen molar-refractivity contribution in [1.82, 2.24) is 9.62 Å². The Bertz CT molecular complexity index is 796. The number of hydrogen-bond donors (Lipinski definition) is 2. The second kappa shape index (κ2) is 7.31. The van der Waals surface area contributed by atoms with Crippen LogP contribution in [0.5, 0.6) is 0 Å². The predicted molar refractivity (Wildman–Crippen MR) is 98.3 cm³/mol. The zero-order valence-electron chi connectivity index (χ0n) is 14.2. The third kappa shape index (κ3) is 3.65. The summed E-state index contributed by atoms with van der Waals surface area (Å²) in [5.41, 5.74) is 6.21. The fourth-order valence-corrected chi connectivity index (χ4v) is 4.58. The minimum Gasteiger partial charge on any atom is -0.338 e. The number of likely N-dealkylation sites (tertiary alicyclic amines) is 1. The second-order valence-electron chi connectivity index (χ2n) is 6.43. The first-order chi connectivity index (χ1) is 11.3. The van der Waals surface area contributed by atoms with E-state index in [1.165, 1.54) is 6.07 Å². The third-order valence-electron chi connectivity index (χ3n) is 4.62. The first kappa shape index (κ1) is 19.7. The first-order valence-corrected chi connectivity index (χ1v) is 9.52. The highest BCUT2D eigenvalue weighted by atomic mass is 35.5. The van der Waals surface area contributed by atoms with E-state index < -0.39 is 16.1 Å². The molecule has 25 heavy (non-hydrogen) atoms. The molecule has 0 saturated carbocycles. The van der Waals surface area contributed by atoms with Crippen molar-refractivity contribution in [2.75, 3.05) is 13.1 Å². The molecule has 2 aliphatic heterocycles. The van der Waals surface area contributed by atoms with E-state index in [0.717, 1.165) is 6.42 Å². The summed E-state index contributed by atoms with van der Waals surface area (Å²) < 4.78 is 26.6. The number of hydrogen-bond acceptors (Lipinski definition) is 5. The van der Waals surface area contributed by atoms with Crippen LogP contribution in [0.25, 0.3) is 0 Å². The number of nitrogens with zero attached hydrogens (tertiary/aromatic N) is 2. The van der Waals surface area contributed by atoms with Crippen molar-refractivity contribution in [2.45, 2.75) is 37.2 Å². The Balaban J connectivity index is 0.00000225. The van der Waals surface area contributed by atoms with Gasteiger partial charge in [0.15, 0.2) is 0 Å². The minimum atomic E-state index is -3.59. The van der Waals surface area contributed by atoms with Crippen molar-refractivity contribution in [3.8, 4) is 0 Å². The molecule has 0 radical (unpaired) electrons. The van der Waals surface area contributed by atoms with E-state index >= 15 is 0 Å². The Hall–Kier alpha value is -1.64. The molecule has 3 unspecified atom stereocenters. The monoisotopic (exact) mass is 386 g/mol. The van der Waals surface area contributed by atoms with Crippen LogP contribution in [0.4, 0.5) is 0 Å². The van der Waals surface area contributed by atoms with Crippen LogP contribution in [-0.2, 0) is 14.8 Å². The van der Waals surface area contributed by atoms with Gasteiger partial charge in [-0.3, -0.25) is 14.5 Å². The molecule has 0 spiro atoms. The van der Waals surface area contributed by atoms with Gasteiger partial charge in [-0.1, -0.05) is 12.1 Å². The van der Waals surface area contributed by atoms with Gasteiger partial charge in [0, 0.05) is 18.2 Å². The van der Waals surface area contributed by atoms with Crippen LogP contribution in [-0.4, -0.2) is 50.2 Å². The van der Waals surface area contributed by atoms with E-state index in [2.05, 4.69) is 9.71 Å². The number of fused-ring (bicyclic) bond motifs is 1. The molecular formula is C16H23ClN4O3S. The van der Waals surface area contributed by atoms with Gasteiger partial charge in [0.1, 0.15) is 11.9 Å². The Kier molecular flexibility index (Phi) is 5.75. The van der Waals surface area contributed by atoms with Crippen LogP contribution in [0.1, 0.15) is 25.8 Å². The maximum Gasteiger partial charge on any atom is 0.263 e. The van der Waals surface area contributed by atoms with E-state index in [4.69, 9.17) is 5.73 Å².